The molecule has 0 heterocycles. The van der Waals surface area contributed by atoms with Gasteiger partial charge in [-0.1, -0.05) is 61.5 Å². The Morgan fingerprint density at radius 2 is 1.61 bits per heavy atom. The molecule has 41 heavy (non-hydrogen) atoms. The molecule has 0 aliphatic heterocycles. The smallest absolute Gasteiger partial charge is 0.244 e. The molecule has 3 aromatic carbocycles. The molecular formula is C31H37N3O6S. The number of Topliss-reactive ketones (excluding diaryl/α,β-unsaturated/α-hetero) is 1. The number of carbonyl (C=O) groups excluding carboxylic acids is 3. The molecule has 0 bridgehead atoms. The number of anilines is 1. The SMILES string of the molecule is CCCNC(=O)[C@H](Cc1ccccc1)N(Cc1cccc(OC)c1)C(=O)CN(c1cccc(C(C)=O)c1)S(C)(=O)=O. The van der Waals surface area contributed by atoms with Gasteiger partial charge >= 0.3 is 0 Å². The van der Waals surface area contributed by atoms with E-state index in [1.807, 2.05) is 43.3 Å². The molecule has 10 heteroatoms. The zero-order chi connectivity index (χ0) is 30.0. The highest BCUT2D eigenvalue weighted by Gasteiger charge is 2.33. The van der Waals surface area contributed by atoms with E-state index in [0.29, 0.717) is 29.8 Å². The number of nitrogens with zero attached hydrogens (tertiary/aromatic N) is 2. The first-order valence-electron chi connectivity index (χ1n) is 13.4. The minimum Gasteiger partial charge on any atom is -0.497 e. The number of benzene rings is 3. The average Bonchev–Trinajstić information content (AvgIpc) is 2.96. The fourth-order valence-corrected chi connectivity index (χ4v) is 5.22. The number of methoxy groups -OCH3 is 1. The van der Waals surface area contributed by atoms with Crippen molar-refractivity contribution in [2.45, 2.75) is 39.3 Å². The van der Waals surface area contributed by atoms with Crippen LogP contribution in [0, 0.1) is 0 Å². The predicted octanol–water partition coefficient (Wildman–Crippen LogP) is 3.83. The van der Waals surface area contributed by atoms with Crippen LogP contribution >= 0.6 is 0 Å². The van der Waals surface area contributed by atoms with Gasteiger partial charge in [-0.15, -0.1) is 0 Å². The van der Waals surface area contributed by atoms with Crippen LogP contribution in [0.15, 0.2) is 78.9 Å². The van der Waals surface area contributed by atoms with Gasteiger partial charge in [-0.05, 0) is 48.7 Å². The number of nitrogens with one attached hydrogen (secondary N) is 1. The van der Waals surface area contributed by atoms with Crippen LogP contribution in [-0.2, 0) is 32.6 Å². The third-order valence-electron chi connectivity index (χ3n) is 6.53. The summed E-state index contributed by atoms with van der Waals surface area (Å²) in [6.45, 7) is 3.23. The van der Waals surface area contributed by atoms with Gasteiger partial charge in [-0.2, -0.15) is 0 Å². The molecule has 218 valence electrons. The van der Waals surface area contributed by atoms with E-state index in [0.717, 1.165) is 16.1 Å². The predicted molar refractivity (Wildman–Crippen MR) is 159 cm³/mol. The Morgan fingerprint density at radius 3 is 2.24 bits per heavy atom. The lowest BCUT2D eigenvalue weighted by Gasteiger charge is -2.33. The van der Waals surface area contributed by atoms with Crippen molar-refractivity contribution in [1.82, 2.24) is 10.2 Å². The minimum absolute atomic E-state index is 0.0398. The number of amides is 2. The lowest BCUT2D eigenvalue weighted by atomic mass is 10.0. The summed E-state index contributed by atoms with van der Waals surface area (Å²) in [7, 11) is -2.40. The van der Waals surface area contributed by atoms with Gasteiger partial charge < -0.3 is 15.0 Å². The number of ketones is 1. The molecular weight excluding hydrogens is 542 g/mol. The Hall–Kier alpha value is -4.18. The second-order valence-electron chi connectivity index (χ2n) is 9.75. The van der Waals surface area contributed by atoms with Crippen molar-refractivity contribution in [2.24, 2.45) is 0 Å². The number of hydrogen-bond donors (Lipinski definition) is 1. The maximum atomic E-state index is 14.1. The lowest BCUT2D eigenvalue weighted by molar-refractivity contribution is -0.140. The Morgan fingerprint density at radius 1 is 0.927 bits per heavy atom. The molecule has 0 aromatic heterocycles. The van der Waals surface area contributed by atoms with E-state index in [4.69, 9.17) is 4.74 Å². The van der Waals surface area contributed by atoms with E-state index in [2.05, 4.69) is 5.32 Å². The van der Waals surface area contributed by atoms with E-state index >= 15 is 0 Å². The summed E-state index contributed by atoms with van der Waals surface area (Å²) in [5.74, 6) is -0.555. The van der Waals surface area contributed by atoms with E-state index in [-0.39, 0.29) is 30.3 Å². The number of carbonyl (C=O) groups is 3. The van der Waals surface area contributed by atoms with E-state index < -0.39 is 28.5 Å². The normalized spacial score (nSPS) is 11.8. The minimum atomic E-state index is -3.94. The van der Waals surface area contributed by atoms with Crippen LogP contribution in [0.5, 0.6) is 5.75 Å². The fraction of sp³-hybridized carbons (Fsp3) is 0.323. The third-order valence-corrected chi connectivity index (χ3v) is 7.67. The van der Waals surface area contributed by atoms with Gasteiger partial charge in [0.05, 0.1) is 19.1 Å². The molecule has 3 rings (SSSR count). The van der Waals surface area contributed by atoms with Crippen molar-refractivity contribution in [2.75, 3.05) is 30.8 Å². The van der Waals surface area contributed by atoms with Crippen molar-refractivity contribution < 1.29 is 27.5 Å². The molecule has 2 amide bonds. The van der Waals surface area contributed by atoms with Crippen molar-refractivity contribution >= 4 is 33.3 Å². The Labute approximate surface area is 242 Å². The van der Waals surface area contributed by atoms with Gasteiger partial charge in [0.25, 0.3) is 0 Å². The van der Waals surface area contributed by atoms with Crippen LogP contribution in [0.3, 0.4) is 0 Å². The quantitative estimate of drug-likeness (QED) is 0.291. The zero-order valence-electron chi connectivity index (χ0n) is 23.9. The summed E-state index contributed by atoms with van der Waals surface area (Å²) in [6.07, 6.45) is 1.94. The largest absolute Gasteiger partial charge is 0.497 e. The summed E-state index contributed by atoms with van der Waals surface area (Å²) in [5, 5.41) is 2.90. The summed E-state index contributed by atoms with van der Waals surface area (Å²) in [6, 6.07) is 21.7. The number of ether oxygens (including phenoxy) is 1. The molecule has 1 N–H and O–H groups in total. The molecule has 0 spiro atoms. The van der Waals surface area contributed by atoms with Gasteiger partial charge in [0.15, 0.2) is 5.78 Å². The van der Waals surface area contributed by atoms with Gasteiger partial charge in [-0.25, -0.2) is 8.42 Å². The maximum absolute atomic E-state index is 14.1. The molecule has 0 unspecified atom stereocenters. The van der Waals surface area contributed by atoms with Crippen LogP contribution in [0.2, 0.25) is 0 Å². The van der Waals surface area contributed by atoms with Crippen LogP contribution in [-0.4, -0.2) is 63.4 Å². The fourth-order valence-electron chi connectivity index (χ4n) is 4.38. The van der Waals surface area contributed by atoms with E-state index in [9.17, 15) is 22.8 Å². The first kappa shape index (κ1) is 31.3. The topological polar surface area (TPSA) is 113 Å². The monoisotopic (exact) mass is 579 g/mol. The van der Waals surface area contributed by atoms with Crippen molar-refractivity contribution in [3.8, 4) is 5.75 Å². The summed E-state index contributed by atoms with van der Waals surface area (Å²) < 4.78 is 32.2. The van der Waals surface area contributed by atoms with Gasteiger partial charge in [-0.3, -0.25) is 18.7 Å². The Bertz CT molecular complexity index is 1460. The van der Waals surface area contributed by atoms with Crippen molar-refractivity contribution in [3.63, 3.8) is 0 Å². The highest BCUT2D eigenvalue weighted by atomic mass is 32.2. The van der Waals surface area contributed by atoms with Crippen LogP contribution < -0.4 is 14.4 Å². The second kappa shape index (κ2) is 14.5. The first-order chi connectivity index (χ1) is 19.5. The van der Waals surface area contributed by atoms with Crippen LogP contribution in [0.1, 0.15) is 41.8 Å². The van der Waals surface area contributed by atoms with Gasteiger partial charge in [0.1, 0.15) is 18.3 Å². The van der Waals surface area contributed by atoms with E-state index in [1.54, 1.807) is 30.3 Å². The number of rotatable bonds is 14. The van der Waals surface area contributed by atoms with Crippen LogP contribution in [0.4, 0.5) is 5.69 Å². The Kier molecular flexibility index (Phi) is 11.0. The zero-order valence-corrected chi connectivity index (χ0v) is 24.7. The molecule has 3 aromatic rings. The van der Waals surface area contributed by atoms with Gasteiger partial charge in [0, 0.05) is 25.1 Å². The molecule has 1 atom stereocenters. The third kappa shape index (κ3) is 8.91. The summed E-state index contributed by atoms with van der Waals surface area (Å²) >= 11 is 0. The molecule has 0 fully saturated rings. The molecule has 9 nitrogen and oxygen atoms in total. The summed E-state index contributed by atoms with van der Waals surface area (Å²) in [4.78, 5) is 41.0. The molecule has 0 aliphatic carbocycles. The number of hydrogen-bond acceptors (Lipinski definition) is 6. The Balaban J connectivity index is 2.07. The van der Waals surface area contributed by atoms with E-state index in [1.165, 1.54) is 31.1 Å². The molecule has 0 radical (unpaired) electrons. The highest BCUT2D eigenvalue weighted by Crippen LogP contribution is 2.23. The highest BCUT2D eigenvalue weighted by molar-refractivity contribution is 7.92. The molecule has 0 saturated carbocycles. The molecule has 0 saturated heterocycles. The summed E-state index contributed by atoms with van der Waals surface area (Å²) in [5.41, 5.74) is 2.06. The number of sulfonamides is 1. The lowest BCUT2D eigenvalue weighted by Crippen LogP contribution is -2.53. The average molecular weight is 580 g/mol. The standard InChI is InChI=1S/C31H37N3O6S/c1-5-17-32-31(37)29(19-24-11-7-6-8-12-24)33(21-25-13-9-16-28(18-25)40-3)30(36)22-34(41(4,38)39)27-15-10-14-26(20-27)23(2)35/h6-16,18,20,29H,5,17,19,21-22H2,1-4H3,(H,32,37)/t29-/m0/s1. The first-order valence-corrected chi connectivity index (χ1v) is 15.2. The molecule has 0 aliphatic rings. The second-order valence-corrected chi connectivity index (χ2v) is 11.7. The van der Waals surface area contributed by atoms with Crippen LogP contribution in [0.25, 0.3) is 0 Å². The maximum Gasteiger partial charge on any atom is 0.244 e. The van der Waals surface area contributed by atoms with Crippen molar-refractivity contribution in [1.29, 1.82) is 0 Å². The van der Waals surface area contributed by atoms with Gasteiger partial charge in [0.2, 0.25) is 21.8 Å². The van der Waals surface area contributed by atoms with Crippen molar-refractivity contribution in [3.05, 3.63) is 95.6 Å².